The van der Waals surface area contributed by atoms with Crippen molar-refractivity contribution in [1.29, 1.82) is 0 Å². The maximum Gasteiger partial charge on any atom is 0.302 e. The van der Waals surface area contributed by atoms with Crippen LogP contribution in [0.1, 0.15) is 20.8 Å². The van der Waals surface area contributed by atoms with E-state index in [4.69, 9.17) is 30.3 Å². The highest BCUT2D eigenvalue weighted by atomic mass is 16.5. The van der Waals surface area contributed by atoms with E-state index in [0.717, 1.165) is 13.2 Å². The van der Waals surface area contributed by atoms with Crippen LogP contribution in [0, 0.1) is 0 Å². The third-order valence-corrected chi connectivity index (χ3v) is 2.12. The summed E-state index contributed by atoms with van der Waals surface area (Å²) in [6.07, 6.45) is -6.84. The summed E-state index contributed by atoms with van der Waals surface area (Å²) in [4.78, 5) is 19.5. The number of esters is 1. The molecule has 5 N–H and O–H groups in total. The number of ether oxygens (including phenoxy) is 2. The first-order chi connectivity index (χ1) is 10.2. The second-order valence-electron chi connectivity index (χ2n) is 3.83. The first-order valence-electron chi connectivity index (χ1n) is 6.63. The van der Waals surface area contributed by atoms with Crippen LogP contribution in [0.25, 0.3) is 0 Å². The molecule has 0 aliphatic heterocycles. The number of hydrogen-bond donors (Lipinski definition) is 5. The molecule has 0 unspecified atom stereocenters. The van der Waals surface area contributed by atoms with Gasteiger partial charge in [-0.1, -0.05) is 0 Å². The smallest absolute Gasteiger partial charge is 0.302 e. The third kappa shape index (κ3) is 17.0. The van der Waals surface area contributed by atoms with Crippen LogP contribution in [-0.4, -0.2) is 89.1 Å². The number of carbonyl (C=O) groups is 2. The fourth-order valence-corrected chi connectivity index (χ4v) is 0.822. The van der Waals surface area contributed by atoms with Gasteiger partial charge < -0.3 is 39.8 Å². The molecule has 0 rings (SSSR count). The Morgan fingerprint density at radius 3 is 1.68 bits per heavy atom. The molecule has 0 bridgehead atoms. The minimum atomic E-state index is -1.79. The van der Waals surface area contributed by atoms with Gasteiger partial charge in [-0.05, 0) is 13.8 Å². The molecule has 4 atom stereocenters. The van der Waals surface area contributed by atoms with E-state index in [0.29, 0.717) is 0 Å². The average Bonchev–Trinajstić information content (AvgIpc) is 2.53. The van der Waals surface area contributed by atoms with Crippen LogP contribution in [-0.2, 0) is 19.1 Å². The Labute approximate surface area is 130 Å². The lowest BCUT2D eigenvalue weighted by Crippen LogP contribution is -2.46. The summed E-state index contributed by atoms with van der Waals surface area (Å²) in [6.45, 7) is 6.27. The minimum absolute atomic E-state index is 0.0258. The van der Waals surface area contributed by atoms with E-state index < -0.39 is 31.0 Å². The van der Waals surface area contributed by atoms with Gasteiger partial charge in [0.1, 0.15) is 24.4 Å². The zero-order valence-electron chi connectivity index (χ0n) is 13.4. The maximum atomic E-state index is 9.90. The summed E-state index contributed by atoms with van der Waals surface area (Å²) in [5, 5.41) is 43.5. The summed E-state index contributed by atoms with van der Waals surface area (Å²) < 4.78 is 8.94. The molecule has 0 aromatic carbocycles. The van der Waals surface area contributed by atoms with Crippen molar-refractivity contribution in [3.8, 4) is 0 Å². The summed E-state index contributed by atoms with van der Waals surface area (Å²) >= 11 is 0. The quantitative estimate of drug-likeness (QED) is 0.260. The molecule has 134 valence electrons. The van der Waals surface area contributed by atoms with Gasteiger partial charge >= 0.3 is 5.97 Å². The molecule has 0 aliphatic carbocycles. The molecule has 9 heteroatoms. The van der Waals surface area contributed by atoms with Gasteiger partial charge in [-0.25, -0.2) is 0 Å². The van der Waals surface area contributed by atoms with E-state index in [9.17, 15) is 9.59 Å². The Hall–Kier alpha value is -1.10. The van der Waals surface area contributed by atoms with Gasteiger partial charge in [0.05, 0.1) is 13.7 Å². The number of rotatable bonds is 7. The van der Waals surface area contributed by atoms with Gasteiger partial charge in [-0.2, -0.15) is 0 Å². The van der Waals surface area contributed by atoms with E-state index in [1.165, 1.54) is 14.0 Å². The van der Waals surface area contributed by atoms with Crippen LogP contribution in [0.4, 0.5) is 0 Å². The van der Waals surface area contributed by atoms with Crippen molar-refractivity contribution < 1.29 is 44.6 Å². The zero-order valence-corrected chi connectivity index (χ0v) is 13.4. The molecule has 22 heavy (non-hydrogen) atoms. The number of aliphatic hydroxyl groups is 5. The minimum Gasteiger partial charge on any atom is -0.469 e. The Bertz CT molecular complexity index is 258. The molecule has 0 spiro atoms. The third-order valence-electron chi connectivity index (χ3n) is 2.12. The zero-order chi connectivity index (χ0) is 18.1. The molecule has 0 aliphatic rings. The molecular formula is C13H28O9. The largest absolute Gasteiger partial charge is 0.469 e. The van der Waals surface area contributed by atoms with Crippen molar-refractivity contribution in [2.24, 2.45) is 0 Å². The molecule has 0 saturated heterocycles. The highest BCUT2D eigenvalue weighted by molar-refractivity contribution is 5.65. The Kier molecular flexibility index (Phi) is 21.1. The summed E-state index contributed by atoms with van der Waals surface area (Å²) in [6, 6.07) is 0. The number of aliphatic hydroxyl groups excluding tert-OH is 5. The van der Waals surface area contributed by atoms with Gasteiger partial charge in [0, 0.05) is 20.1 Å². The van der Waals surface area contributed by atoms with Crippen LogP contribution in [0.2, 0.25) is 0 Å². The molecule has 0 aromatic heterocycles. The average molecular weight is 328 g/mol. The number of aldehydes is 1. The standard InChI is InChI=1S/C6H12O6.C4H10O.C3H6O2/c7-1-3(9)5(11)6(12)4(10)2-8;1-3-5-4-2;1-3(4)5-2/h1,3-6,8-12H,2H2;3-4H2,1-2H3;1-2H3/t3-,4+,5+,6+;;/m0../s1. The van der Waals surface area contributed by atoms with Gasteiger partial charge in [-0.3, -0.25) is 4.79 Å². The van der Waals surface area contributed by atoms with Gasteiger partial charge in [-0.15, -0.1) is 0 Å². The van der Waals surface area contributed by atoms with Gasteiger partial charge in [0.2, 0.25) is 0 Å². The van der Waals surface area contributed by atoms with Crippen molar-refractivity contribution in [2.45, 2.75) is 45.2 Å². The highest BCUT2D eigenvalue weighted by Crippen LogP contribution is 2.02. The van der Waals surface area contributed by atoms with Crippen LogP contribution in [0.15, 0.2) is 0 Å². The predicted octanol–water partition coefficient (Wildman–Crippen LogP) is -2.16. The molecule has 9 nitrogen and oxygen atoms in total. The van der Waals surface area contributed by atoms with E-state index in [1.807, 2.05) is 13.8 Å². The van der Waals surface area contributed by atoms with E-state index >= 15 is 0 Å². The van der Waals surface area contributed by atoms with Crippen LogP contribution in [0.5, 0.6) is 0 Å². The molecule has 0 amide bonds. The monoisotopic (exact) mass is 328 g/mol. The fourth-order valence-electron chi connectivity index (χ4n) is 0.822. The van der Waals surface area contributed by atoms with Crippen LogP contribution >= 0.6 is 0 Å². The lowest BCUT2D eigenvalue weighted by atomic mass is 10.0. The second-order valence-corrected chi connectivity index (χ2v) is 3.83. The Balaban J connectivity index is -0.000000298. The van der Waals surface area contributed by atoms with E-state index in [2.05, 4.69) is 4.74 Å². The van der Waals surface area contributed by atoms with Gasteiger partial charge in [0.25, 0.3) is 0 Å². The van der Waals surface area contributed by atoms with Crippen molar-refractivity contribution in [3.05, 3.63) is 0 Å². The lowest BCUT2D eigenvalue weighted by molar-refractivity contribution is -0.138. The van der Waals surface area contributed by atoms with Gasteiger partial charge in [0.15, 0.2) is 6.29 Å². The number of hydrogen-bond acceptors (Lipinski definition) is 9. The summed E-state index contributed by atoms with van der Waals surface area (Å²) in [7, 11) is 1.35. The van der Waals surface area contributed by atoms with Crippen LogP contribution < -0.4 is 0 Å². The Morgan fingerprint density at radius 2 is 1.50 bits per heavy atom. The normalized spacial score (nSPS) is 15.0. The molecule has 0 aromatic rings. The van der Waals surface area contributed by atoms with Crippen molar-refractivity contribution >= 4 is 12.3 Å². The van der Waals surface area contributed by atoms with E-state index in [1.54, 1.807) is 0 Å². The van der Waals surface area contributed by atoms with Crippen LogP contribution in [0.3, 0.4) is 0 Å². The second kappa shape index (κ2) is 18.0. The van der Waals surface area contributed by atoms with Crippen molar-refractivity contribution in [1.82, 2.24) is 0 Å². The Morgan fingerprint density at radius 1 is 1.09 bits per heavy atom. The molecular weight excluding hydrogens is 300 g/mol. The molecule has 0 saturated carbocycles. The highest BCUT2D eigenvalue weighted by Gasteiger charge is 2.29. The fraction of sp³-hybridized carbons (Fsp3) is 0.846. The van der Waals surface area contributed by atoms with Crippen molar-refractivity contribution in [3.63, 3.8) is 0 Å². The first kappa shape index (κ1) is 25.8. The number of methoxy groups -OCH3 is 1. The molecule has 0 radical (unpaired) electrons. The van der Waals surface area contributed by atoms with E-state index in [-0.39, 0.29) is 12.3 Å². The number of carbonyl (C=O) groups excluding carboxylic acids is 2. The summed E-state index contributed by atoms with van der Waals surface area (Å²) in [5.74, 6) is -0.245. The maximum absolute atomic E-state index is 9.90. The van der Waals surface area contributed by atoms with Crippen molar-refractivity contribution in [2.75, 3.05) is 26.9 Å². The topological polar surface area (TPSA) is 154 Å². The lowest BCUT2D eigenvalue weighted by Gasteiger charge is -2.22. The summed E-state index contributed by atoms with van der Waals surface area (Å²) in [5.41, 5.74) is 0. The SMILES string of the molecule is CCOCC.COC(C)=O.O=C[C@H](O)[C@@H](O)[C@H](O)[C@H](O)CO. The molecule has 0 heterocycles. The molecule has 0 fully saturated rings. The first-order valence-corrected chi connectivity index (χ1v) is 6.63. The predicted molar refractivity (Wildman–Crippen MR) is 77.0 cm³/mol.